The zero-order valence-corrected chi connectivity index (χ0v) is 22.3. The molecule has 3 heterocycles. The van der Waals surface area contributed by atoms with Gasteiger partial charge in [0.05, 0.1) is 6.20 Å². The molecule has 4 aromatic rings. The Balaban J connectivity index is 1.12. The Hall–Kier alpha value is -3.42. The van der Waals surface area contributed by atoms with Crippen LogP contribution in [0.25, 0.3) is 16.8 Å². The molecule has 1 amide bonds. The Morgan fingerprint density at radius 3 is 2.61 bits per heavy atom. The van der Waals surface area contributed by atoms with Crippen LogP contribution in [0.2, 0.25) is 5.02 Å². The number of benzene rings is 2. The van der Waals surface area contributed by atoms with E-state index in [2.05, 4.69) is 37.3 Å². The summed E-state index contributed by atoms with van der Waals surface area (Å²) in [6, 6.07) is 17.3. The van der Waals surface area contributed by atoms with Gasteiger partial charge in [-0.2, -0.15) is 5.10 Å². The molecule has 0 spiro atoms. The fourth-order valence-electron chi connectivity index (χ4n) is 5.75. The van der Waals surface area contributed by atoms with Gasteiger partial charge >= 0.3 is 0 Å². The lowest BCUT2D eigenvalue weighted by molar-refractivity contribution is 0.102. The number of nitrogens with zero attached hydrogens (tertiary/aromatic N) is 5. The number of carbonyl (C=O) groups is 1. The number of aromatic nitrogens is 3. The summed E-state index contributed by atoms with van der Waals surface area (Å²) in [6.07, 6.45) is 10.5. The van der Waals surface area contributed by atoms with Crippen LogP contribution in [0.3, 0.4) is 0 Å². The summed E-state index contributed by atoms with van der Waals surface area (Å²) < 4.78 is 1.67. The van der Waals surface area contributed by atoms with Crippen molar-refractivity contribution in [2.24, 2.45) is 5.92 Å². The minimum Gasteiger partial charge on any atom is -0.369 e. The maximum atomic E-state index is 13.2. The normalized spacial score (nSPS) is 17.1. The Morgan fingerprint density at radius 2 is 1.79 bits per heavy atom. The number of rotatable bonds is 6. The van der Waals surface area contributed by atoms with Gasteiger partial charge in [-0.25, -0.2) is 9.50 Å². The number of carbonyl (C=O) groups excluding carboxylic acids is 1. The van der Waals surface area contributed by atoms with E-state index in [1.165, 1.54) is 38.6 Å². The highest BCUT2D eigenvalue weighted by Crippen LogP contribution is 2.27. The summed E-state index contributed by atoms with van der Waals surface area (Å²) >= 11 is 6.18. The molecule has 0 bridgehead atoms. The van der Waals surface area contributed by atoms with E-state index < -0.39 is 0 Å². The van der Waals surface area contributed by atoms with Crippen LogP contribution >= 0.6 is 11.6 Å². The molecular formula is C30H33ClN6O. The number of piperazine rings is 1. The van der Waals surface area contributed by atoms with Gasteiger partial charge in [0.25, 0.3) is 5.91 Å². The van der Waals surface area contributed by atoms with E-state index in [4.69, 9.17) is 11.6 Å². The Labute approximate surface area is 228 Å². The second kappa shape index (κ2) is 11.1. The second-order valence-corrected chi connectivity index (χ2v) is 10.9. The zero-order chi connectivity index (χ0) is 25.9. The molecule has 0 radical (unpaired) electrons. The highest BCUT2D eigenvalue weighted by atomic mass is 35.5. The fourth-order valence-corrected chi connectivity index (χ4v) is 5.94. The molecule has 8 heteroatoms. The van der Waals surface area contributed by atoms with Crippen molar-refractivity contribution in [1.29, 1.82) is 0 Å². The van der Waals surface area contributed by atoms with Crippen LogP contribution in [0.1, 0.15) is 42.6 Å². The minimum atomic E-state index is -0.250. The zero-order valence-electron chi connectivity index (χ0n) is 21.5. The molecule has 6 rings (SSSR count). The van der Waals surface area contributed by atoms with Crippen LogP contribution in [0.4, 0.5) is 11.4 Å². The van der Waals surface area contributed by atoms with E-state index >= 15 is 0 Å². The van der Waals surface area contributed by atoms with Gasteiger partial charge in [-0.05, 0) is 60.7 Å². The third-order valence-corrected chi connectivity index (χ3v) is 8.06. The van der Waals surface area contributed by atoms with E-state index in [1.54, 1.807) is 23.0 Å². The number of hydrogen-bond acceptors (Lipinski definition) is 5. The first-order valence-electron chi connectivity index (χ1n) is 13.6. The van der Waals surface area contributed by atoms with Gasteiger partial charge in [-0.3, -0.25) is 9.69 Å². The molecule has 2 aromatic carbocycles. The summed E-state index contributed by atoms with van der Waals surface area (Å²) in [6.45, 7) is 5.46. The van der Waals surface area contributed by atoms with Crippen molar-refractivity contribution in [1.82, 2.24) is 19.5 Å². The molecule has 7 nitrogen and oxygen atoms in total. The molecule has 2 aromatic heterocycles. The van der Waals surface area contributed by atoms with Crippen molar-refractivity contribution >= 4 is 34.5 Å². The molecule has 1 aliphatic heterocycles. The molecule has 1 saturated carbocycles. The number of halogens is 1. The summed E-state index contributed by atoms with van der Waals surface area (Å²) in [5, 5.41) is 8.06. The smallest absolute Gasteiger partial charge is 0.274 e. The minimum absolute atomic E-state index is 0.250. The van der Waals surface area contributed by atoms with Crippen molar-refractivity contribution in [2.75, 3.05) is 42.9 Å². The summed E-state index contributed by atoms with van der Waals surface area (Å²) in [5.41, 5.74) is 4.59. The summed E-state index contributed by atoms with van der Waals surface area (Å²) in [7, 11) is 0. The fraction of sp³-hybridized carbons (Fsp3) is 0.367. The first-order valence-corrected chi connectivity index (χ1v) is 14.0. The lowest BCUT2D eigenvalue weighted by Gasteiger charge is -2.38. The van der Waals surface area contributed by atoms with Crippen molar-refractivity contribution < 1.29 is 4.79 Å². The molecule has 1 saturated heterocycles. The predicted octanol–water partition coefficient (Wildman–Crippen LogP) is 6.00. The monoisotopic (exact) mass is 528 g/mol. The Morgan fingerprint density at radius 1 is 0.974 bits per heavy atom. The molecule has 0 atom stereocenters. The van der Waals surface area contributed by atoms with Crippen LogP contribution in [0, 0.1) is 5.92 Å². The highest BCUT2D eigenvalue weighted by Gasteiger charge is 2.22. The average Bonchev–Trinajstić information content (AvgIpc) is 3.38. The molecule has 196 valence electrons. The molecule has 38 heavy (non-hydrogen) atoms. The third kappa shape index (κ3) is 5.54. The number of nitrogens with one attached hydrogen (secondary N) is 1. The van der Waals surface area contributed by atoms with Gasteiger partial charge in [0, 0.05) is 60.9 Å². The van der Waals surface area contributed by atoms with Gasteiger partial charge < -0.3 is 10.2 Å². The van der Waals surface area contributed by atoms with E-state index in [-0.39, 0.29) is 5.91 Å². The maximum Gasteiger partial charge on any atom is 0.274 e. The van der Waals surface area contributed by atoms with Crippen molar-refractivity contribution in [2.45, 2.75) is 32.1 Å². The van der Waals surface area contributed by atoms with Gasteiger partial charge in [-0.1, -0.05) is 49.1 Å². The van der Waals surface area contributed by atoms with Crippen LogP contribution in [-0.4, -0.2) is 58.1 Å². The van der Waals surface area contributed by atoms with Gasteiger partial charge in [0.2, 0.25) is 0 Å². The molecular weight excluding hydrogens is 496 g/mol. The molecule has 2 aliphatic rings. The predicted molar refractivity (Wildman–Crippen MR) is 153 cm³/mol. The number of fused-ring (bicyclic) bond motifs is 1. The van der Waals surface area contributed by atoms with Gasteiger partial charge in [0.1, 0.15) is 5.69 Å². The van der Waals surface area contributed by atoms with Crippen LogP contribution in [0.15, 0.2) is 67.0 Å². The number of amides is 1. The van der Waals surface area contributed by atoms with Crippen molar-refractivity contribution in [3.63, 3.8) is 0 Å². The average molecular weight is 529 g/mol. The van der Waals surface area contributed by atoms with Crippen LogP contribution < -0.4 is 10.2 Å². The van der Waals surface area contributed by atoms with Crippen LogP contribution in [-0.2, 0) is 0 Å². The first kappa shape index (κ1) is 24.9. The van der Waals surface area contributed by atoms with E-state index in [9.17, 15) is 4.79 Å². The topological polar surface area (TPSA) is 65.8 Å². The van der Waals surface area contributed by atoms with Crippen LogP contribution in [0.5, 0.6) is 0 Å². The quantitative estimate of drug-likeness (QED) is 0.332. The number of hydrogen-bond donors (Lipinski definition) is 1. The van der Waals surface area contributed by atoms with E-state index in [0.717, 1.165) is 54.6 Å². The van der Waals surface area contributed by atoms with Gasteiger partial charge in [0.15, 0.2) is 5.65 Å². The molecule has 1 N–H and O–H groups in total. The van der Waals surface area contributed by atoms with Gasteiger partial charge in [-0.15, -0.1) is 0 Å². The molecule has 2 fully saturated rings. The SMILES string of the molecule is O=C(Nc1cccc(N2CCN(CC3CCCCC3)CC2)c1)c1ccn2ncc(-c3cccc(Cl)c3)c2n1. The second-order valence-electron chi connectivity index (χ2n) is 10.4. The Kier molecular flexibility index (Phi) is 7.29. The highest BCUT2D eigenvalue weighted by molar-refractivity contribution is 6.30. The lowest BCUT2D eigenvalue weighted by atomic mass is 9.89. The summed E-state index contributed by atoms with van der Waals surface area (Å²) in [5.74, 6) is 0.631. The standard InChI is InChI=1S/C30H33ClN6O/c31-24-9-4-8-23(18-24)27-20-32-37-13-12-28(34-29(27)37)30(38)33-25-10-5-11-26(19-25)36-16-14-35(15-17-36)21-22-6-2-1-3-7-22/h4-5,8-13,18-20,22H,1-3,6-7,14-17,21H2,(H,33,38). The van der Waals surface area contributed by atoms with E-state index in [1.807, 2.05) is 36.4 Å². The Bertz CT molecular complexity index is 1420. The third-order valence-electron chi connectivity index (χ3n) is 7.82. The number of anilines is 2. The van der Waals surface area contributed by atoms with Crippen molar-refractivity contribution in [3.05, 3.63) is 77.7 Å². The van der Waals surface area contributed by atoms with Crippen molar-refractivity contribution in [3.8, 4) is 11.1 Å². The largest absolute Gasteiger partial charge is 0.369 e. The van der Waals surface area contributed by atoms with E-state index in [0.29, 0.717) is 16.4 Å². The maximum absolute atomic E-state index is 13.2. The lowest BCUT2D eigenvalue weighted by Crippen LogP contribution is -2.48. The summed E-state index contributed by atoms with van der Waals surface area (Å²) in [4.78, 5) is 22.8. The molecule has 0 unspecified atom stereocenters. The first-order chi connectivity index (χ1) is 18.6. The molecule has 1 aliphatic carbocycles.